The summed E-state index contributed by atoms with van der Waals surface area (Å²) in [6.07, 6.45) is -6.67. The molecule has 0 amide bonds. The van der Waals surface area contributed by atoms with Crippen LogP contribution in [0.5, 0.6) is 0 Å². The zero-order valence-electron chi connectivity index (χ0n) is 17.7. The van der Waals surface area contributed by atoms with Gasteiger partial charge in [0.1, 0.15) is 31.0 Å². The summed E-state index contributed by atoms with van der Waals surface area (Å²) in [4.78, 5) is 15.7. The number of hydrogen-bond acceptors (Lipinski definition) is 8. The summed E-state index contributed by atoms with van der Waals surface area (Å²) < 4.78 is 11.5. The summed E-state index contributed by atoms with van der Waals surface area (Å²) in [5, 5.41) is 42.3. The number of rotatable bonds is 8. The van der Waals surface area contributed by atoms with Crippen LogP contribution < -0.4 is 5.11 Å². The highest BCUT2D eigenvalue weighted by atomic mass is 35.5. The van der Waals surface area contributed by atoms with Crippen molar-refractivity contribution in [3.63, 3.8) is 0 Å². The van der Waals surface area contributed by atoms with Gasteiger partial charge in [0.15, 0.2) is 6.10 Å². The second kappa shape index (κ2) is 10.2. The van der Waals surface area contributed by atoms with Crippen molar-refractivity contribution < 1.29 is 39.2 Å². The first kappa shape index (κ1) is 24.5. The predicted molar refractivity (Wildman–Crippen MR) is 112 cm³/mol. The topological polar surface area (TPSA) is 132 Å². The lowest BCUT2D eigenvalue weighted by molar-refractivity contribution is -0.945. The van der Waals surface area contributed by atoms with Gasteiger partial charge in [-0.25, -0.2) is 0 Å². The van der Waals surface area contributed by atoms with Gasteiger partial charge in [-0.3, -0.25) is 9.47 Å². The molecule has 0 bridgehead atoms. The van der Waals surface area contributed by atoms with Crippen LogP contribution in [0.15, 0.2) is 48.7 Å². The lowest BCUT2D eigenvalue weighted by atomic mass is 9.97. The second-order valence-electron chi connectivity index (χ2n) is 8.30. The van der Waals surface area contributed by atoms with E-state index in [-0.39, 0.29) is 11.1 Å². The molecule has 2 aromatic rings. The Morgan fingerprint density at radius 1 is 1.16 bits per heavy atom. The minimum atomic E-state index is -1.79. The fourth-order valence-electron chi connectivity index (χ4n) is 3.69. The van der Waals surface area contributed by atoms with E-state index in [0.717, 1.165) is 5.56 Å². The highest BCUT2D eigenvalue weighted by Gasteiger charge is 2.50. The van der Waals surface area contributed by atoms with E-state index in [0.29, 0.717) is 17.3 Å². The first-order chi connectivity index (χ1) is 15.1. The number of nitrogens with zero attached hydrogens (tertiary/aromatic N) is 2. The molecule has 1 aliphatic heterocycles. The van der Waals surface area contributed by atoms with Crippen LogP contribution in [0.4, 0.5) is 0 Å². The number of carboxylic acids is 1. The summed E-state index contributed by atoms with van der Waals surface area (Å²) in [7, 11) is 3.40. The van der Waals surface area contributed by atoms with E-state index < -0.39 is 42.7 Å². The minimum absolute atomic E-state index is 0.0374. The van der Waals surface area contributed by atoms with Crippen LogP contribution >= 0.6 is 11.6 Å². The Labute approximate surface area is 191 Å². The van der Waals surface area contributed by atoms with Crippen molar-refractivity contribution in [3.8, 4) is 0 Å². The first-order valence-electron chi connectivity index (χ1n) is 10.1. The molecule has 3 N–H and O–H groups in total. The molecular formula is C22H27ClN2O7. The standard InChI is InChI=1S/C22H27ClN2O7/c1-25(2,21-18(28)16(26)17(27)20(32-21)22(29)30)11-12-31-19(15-5-3-4-10-24-15)13-6-8-14(23)9-7-13/h3-10,16-21,26-28H,11-12H2,1-2H3. The van der Waals surface area contributed by atoms with E-state index in [4.69, 9.17) is 21.1 Å². The first-order valence-corrected chi connectivity index (χ1v) is 10.5. The van der Waals surface area contributed by atoms with E-state index in [1.165, 1.54) is 0 Å². The molecule has 0 spiro atoms. The summed E-state index contributed by atoms with van der Waals surface area (Å²) in [6.45, 7) is 0.485. The third-order valence-electron chi connectivity index (χ3n) is 5.59. The number of pyridine rings is 1. The van der Waals surface area contributed by atoms with E-state index in [1.54, 1.807) is 38.5 Å². The number of likely N-dealkylation sites (N-methyl/N-ethyl adjacent to an activating group) is 1. The summed E-state index contributed by atoms with van der Waals surface area (Å²) in [5.41, 5.74) is 1.55. The molecule has 1 saturated heterocycles. The third-order valence-corrected chi connectivity index (χ3v) is 5.84. The van der Waals surface area contributed by atoms with E-state index >= 15 is 0 Å². The highest BCUT2D eigenvalue weighted by Crippen LogP contribution is 2.28. The quantitative estimate of drug-likeness (QED) is 0.442. The maximum absolute atomic E-state index is 11.3. The minimum Gasteiger partial charge on any atom is -0.547 e. The molecular weight excluding hydrogens is 440 g/mol. The van der Waals surface area contributed by atoms with E-state index in [2.05, 4.69) is 4.98 Å². The molecule has 6 atom stereocenters. The molecule has 2 heterocycles. The SMILES string of the molecule is C[N+](C)(CCOC(c1ccc(Cl)cc1)c1ccccn1)C1OC(C(=O)[O-])C(O)C(O)C1O. The largest absolute Gasteiger partial charge is 0.547 e. The monoisotopic (exact) mass is 466 g/mol. The van der Waals surface area contributed by atoms with Crippen molar-refractivity contribution in [1.82, 2.24) is 4.98 Å². The van der Waals surface area contributed by atoms with Crippen molar-refractivity contribution in [2.45, 2.75) is 36.7 Å². The van der Waals surface area contributed by atoms with Crippen molar-refractivity contribution in [2.24, 2.45) is 0 Å². The number of carbonyl (C=O) groups is 1. The van der Waals surface area contributed by atoms with Gasteiger partial charge >= 0.3 is 0 Å². The molecule has 1 fully saturated rings. The highest BCUT2D eigenvalue weighted by molar-refractivity contribution is 6.30. The Balaban J connectivity index is 1.73. The number of hydrogen-bond donors (Lipinski definition) is 3. The molecule has 0 saturated carbocycles. The van der Waals surface area contributed by atoms with Gasteiger partial charge in [0.05, 0.1) is 32.4 Å². The van der Waals surface area contributed by atoms with Gasteiger partial charge in [0, 0.05) is 11.2 Å². The summed E-state index contributed by atoms with van der Waals surface area (Å²) >= 11 is 6.00. The average molecular weight is 467 g/mol. The van der Waals surface area contributed by atoms with Crippen LogP contribution in [0.3, 0.4) is 0 Å². The molecule has 1 aliphatic rings. The number of carboxylic acid groups (broad SMARTS) is 1. The van der Waals surface area contributed by atoms with E-state index in [9.17, 15) is 25.2 Å². The lowest BCUT2D eigenvalue weighted by Crippen LogP contribution is -2.69. The molecule has 1 aromatic carbocycles. The van der Waals surface area contributed by atoms with Gasteiger partial charge in [-0.2, -0.15) is 0 Å². The molecule has 10 heteroatoms. The molecule has 0 radical (unpaired) electrons. The Hall–Kier alpha value is -2.11. The zero-order valence-corrected chi connectivity index (χ0v) is 18.5. The zero-order chi connectivity index (χ0) is 23.5. The molecule has 32 heavy (non-hydrogen) atoms. The normalized spacial score (nSPS) is 27.1. The van der Waals surface area contributed by atoms with Crippen molar-refractivity contribution in [3.05, 3.63) is 64.9 Å². The number of benzene rings is 1. The van der Waals surface area contributed by atoms with Crippen LogP contribution in [0, 0.1) is 0 Å². The lowest BCUT2D eigenvalue weighted by Gasteiger charge is -2.47. The van der Waals surface area contributed by atoms with E-state index in [1.807, 2.05) is 24.3 Å². The van der Waals surface area contributed by atoms with Crippen molar-refractivity contribution >= 4 is 17.6 Å². The Morgan fingerprint density at radius 2 is 1.84 bits per heavy atom. The maximum Gasteiger partial charge on any atom is 0.222 e. The molecule has 3 rings (SSSR count). The number of halogens is 1. The van der Waals surface area contributed by atoms with Crippen LogP contribution in [0.1, 0.15) is 17.4 Å². The third kappa shape index (κ3) is 5.44. The van der Waals surface area contributed by atoms with Crippen LogP contribution in [0.25, 0.3) is 0 Å². The predicted octanol–water partition coefficient (Wildman–Crippen LogP) is -0.525. The molecule has 174 valence electrons. The van der Waals surface area contributed by atoms with Crippen molar-refractivity contribution in [2.75, 3.05) is 27.2 Å². The molecule has 0 aliphatic carbocycles. The van der Waals surface area contributed by atoms with Gasteiger partial charge in [0.25, 0.3) is 0 Å². The summed E-state index contributed by atoms with van der Waals surface area (Å²) in [5.74, 6) is -1.66. The van der Waals surface area contributed by atoms with Crippen LogP contribution in [-0.4, -0.2) is 88.6 Å². The number of aromatic nitrogens is 1. The fourth-order valence-corrected chi connectivity index (χ4v) is 3.81. The van der Waals surface area contributed by atoms with Crippen molar-refractivity contribution in [1.29, 1.82) is 0 Å². The smallest absolute Gasteiger partial charge is 0.222 e. The number of quaternary nitrogens is 1. The summed E-state index contributed by atoms with van der Waals surface area (Å²) in [6, 6.07) is 12.7. The Morgan fingerprint density at radius 3 is 2.44 bits per heavy atom. The van der Waals surface area contributed by atoms with Crippen LogP contribution in [0.2, 0.25) is 5.02 Å². The van der Waals surface area contributed by atoms with Gasteiger partial charge in [-0.05, 0) is 29.8 Å². The number of aliphatic hydroxyl groups is 3. The second-order valence-corrected chi connectivity index (χ2v) is 8.73. The average Bonchev–Trinajstić information content (AvgIpc) is 2.76. The van der Waals surface area contributed by atoms with Crippen LogP contribution in [-0.2, 0) is 14.3 Å². The maximum atomic E-state index is 11.3. The Bertz CT molecular complexity index is 897. The number of aliphatic carboxylic acids is 1. The number of aliphatic hydroxyl groups excluding tert-OH is 3. The van der Waals surface area contributed by atoms with Gasteiger partial charge < -0.3 is 34.7 Å². The fraction of sp³-hybridized carbons (Fsp3) is 0.455. The molecule has 6 unspecified atom stereocenters. The number of ether oxygens (including phenoxy) is 2. The Kier molecular flexibility index (Phi) is 7.84. The number of carbonyl (C=O) groups excluding carboxylic acids is 1. The van der Waals surface area contributed by atoms with Gasteiger partial charge in [0.2, 0.25) is 6.23 Å². The molecule has 1 aromatic heterocycles. The van der Waals surface area contributed by atoms with Gasteiger partial charge in [-0.15, -0.1) is 0 Å². The molecule has 9 nitrogen and oxygen atoms in total. The van der Waals surface area contributed by atoms with Gasteiger partial charge in [-0.1, -0.05) is 29.8 Å².